The molecule has 0 saturated carbocycles. The van der Waals surface area contributed by atoms with Crippen LogP contribution in [0.5, 0.6) is 0 Å². The molecule has 0 radical (unpaired) electrons. The second-order valence-electron chi connectivity index (χ2n) is 2.88. The zero-order chi connectivity index (χ0) is 8.39. The number of rotatable bonds is 1. The number of hydrogen-bond acceptors (Lipinski definition) is 3. The zero-order valence-electron chi connectivity index (χ0n) is 6.63. The summed E-state index contributed by atoms with van der Waals surface area (Å²) in [5.74, 6) is 0. The monoisotopic (exact) mass is 183 g/mol. The van der Waals surface area contributed by atoms with Crippen molar-refractivity contribution in [3.05, 3.63) is 23.2 Å². The van der Waals surface area contributed by atoms with E-state index >= 15 is 0 Å². The quantitative estimate of drug-likeness (QED) is 0.718. The molecule has 1 N–H and O–H groups in total. The Bertz CT molecular complexity index is 271. The average molecular weight is 184 g/mol. The SMILES string of the molecule is Clc1nccnc1C1CCCN1. The molecule has 1 aliphatic heterocycles. The summed E-state index contributed by atoms with van der Waals surface area (Å²) in [6.45, 7) is 1.05. The van der Waals surface area contributed by atoms with Gasteiger partial charge in [-0.25, -0.2) is 4.98 Å². The van der Waals surface area contributed by atoms with Crippen LogP contribution in [0.1, 0.15) is 24.6 Å². The van der Waals surface area contributed by atoms with E-state index in [1.165, 1.54) is 6.42 Å². The number of halogens is 1. The molecule has 0 aromatic carbocycles. The Kier molecular flexibility index (Phi) is 2.23. The molecule has 3 nitrogen and oxygen atoms in total. The van der Waals surface area contributed by atoms with Crippen LogP contribution in [0.15, 0.2) is 12.4 Å². The summed E-state index contributed by atoms with van der Waals surface area (Å²) in [5.41, 5.74) is 0.886. The third-order valence-electron chi connectivity index (χ3n) is 2.07. The Balaban J connectivity index is 2.26. The van der Waals surface area contributed by atoms with Crippen LogP contribution >= 0.6 is 11.6 Å². The molecule has 0 amide bonds. The van der Waals surface area contributed by atoms with Gasteiger partial charge in [0.1, 0.15) is 0 Å². The molecule has 64 valence electrons. The molecule has 1 atom stereocenters. The van der Waals surface area contributed by atoms with Gasteiger partial charge in [0.05, 0.1) is 11.7 Å². The highest BCUT2D eigenvalue weighted by molar-refractivity contribution is 6.30. The zero-order valence-corrected chi connectivity index (χ0v) is 7.38. The molecule has 0 aliphatic carbocycles. The van der Waals surface area contributed by atoms with Crippen LogP contribution in [0.25, 0.3) is 0 Å². The number of nitrogens with one attached hydrogen (secondary N) is 1. The van der Waals surface area contributed by atoms with Crippen LogP contribution in [-0.4, -0.2) is 16.5 Å². The van der Waals surface area contributed by atoms with Crippen molar-refractivity contribution in [2.75, 3.05) is 6.54 Å². The molecule has 1 unspecified atom stereocenters. The molecule has 1 saturated heterocycles. The Morgan fingerprint density at radius 1 is 1.42 bits per heavy atom. The van der Waals surface area contributed by atoms with Crippen LogP contribution in [0, 0.1) is 0 Å². The molecular formula is C8H10ClN3. The van der Waals surface area contributed by atoms with Gasteiger partial charge in [0.15, 0.2) is 5.15 Å². The molecule has 0 spiro atoms. The predicted molar refractivity (Wildman–Crippen MR) is 47.0 cm³/mol. The Morgan fingerprint density at radius 3 is 2.92 bits per heavy atom. The minimum absolute atomic E-state index is 0.311. The molecule has 1 aromatic heterocycles. The fourth-order valence-corrected chi connectivity index (χ4v) is 1.72. The van der Waals surface area contributed by atoms with E-state index in [2.05, 4.69) is 15.3 Å². The second kappa shape index (κ2) is 3.37. The van der Waals surface area contributed by atoms with Crippen LogP contribution in [0.2, 0.25) is 5.15 Å². The highest BCUT2D eigenvalue weighted by Crippen LogP contribution is 2.25. The predicted octanol–water partition coefficient (Wildman–Crippen LogP) is 1.55. The maximum absolute atomic E-state index is 5.89. The first-order valence-corrected chi connectivity index (χ1v) is 4.45. The van der Waals surface area contributed by atoms with Crippen molar-refractivity contribution in [3.8, 4) is 0 Å². The van der Waals surface area contributed by atoms with Crippen LogP contribution < -0.4 is 5.32 Å². The van der Waals surface area contributed by atoms with Crippen molar-refractivity contribution in [2.45, 2.75) is 18.9 Å². The summed E-state index contributed by atoms with van der Waals surface area (Å²) in [6, 6.07) is 0.311. The summed E-state index contributed by atoms with van der Waals surface area (Å²) in [7, 11) is 0. The van der Waals surface area contributed by atoms with Crippen LogP contribution in [0.4, 0.5) is 0 Å². The van der Waals surface area contributed by atoms with Gasteiger partial charge in [0.25, 0.3) is 0 Å². The van der Waals surface area contributed by atoms with Crippen molar-refractivity contribution in [1.82, 2.24) is 15.3 Å². The summed E-state index contributed by atoms with van der Waals surface area (Å²) < 4.78 is 0. The van der Waals surface area contributed by atoms with E-state index in [9.17, 15) is 0 Å². The smallest absolute Gasteiger partial charge is 0.152 e. The van der Waals surface area contributed by atoms with Gasteiger partial charge in [-0.3, -0.25) is 4.98 Å². The molecule has 0 bridgehead atoms. The second-order valence-corrected chi connectivity index (χ2v) is 3.24. The maximum atomic E-state index is 5.89. The molecular weight excluding hydrogens is 174 g/mol. The van der Waals surface area contributed by atoms with E-state index in [0.29, 0.717) is 11.2 Å². The lowest BCUT2D eigenvalue weighted by Gasteiger charge is -2.09. The van der Waals surface area contributed by atoms with Gasteiger partial charge in [0, 0.05) is 12.4 Å². The standard InChI is InChI=1S/C8H10ClN3/c9-8-7(11-4-5-12-8)6-2-1-3-10-6/h4-6,10H,1-3H2. The molecule has 12 heavy (non-hydrogen) atoms. The van der Waals surface area contributed by atoms with Gasteiger partial charge >= 0.3 is 0 Å². The van der Waals surface area contributed by atoms with Gasteiger partial charge in [0.2, 0.25) is 0 Å². The minimum Gasteiger partial charge on any atom is -0.309 e. The van der Waals surface area contributed by atoms with Gasteiger partial charge in [-0.05, 0) is 19.4 Å². The lowest BCUT2D eigenvalue weighted by atomic mass is 10.2. The largest absolute Gasteiger partial charge is 0.309 e. The fraction of sp³-hybridized carbons (Fsp3) is 0.500. The van der Waals surface area contributed by atoms with E-state index in [1.54, 1.807) is 12.4 Å². The first-order chi connectivity index (χ1) is 5.88. The van der Waals surface area contributed by atoms with Gasteiger partial charge in [-0.15, -0.1) is 0 Å². The normalized spacial score (nSPS) is 22.9. The van der Waals surface area contributed by atoms with Crippen LogP contribution in [0.3, 0.4) is 0 Å². The van der Waals surface area contributed by atoms with E-state index in [0.717, 1.165) is 18.7 Å². The molecule has 1 aromatic rings. The highest BCUT2D eigenvalue weighted by Gasteiger charge is 2.19. The van der Waals surface area contributed by atoms with Crippen molar-refractivity contribution in [2.24, 2.45) is 0 Å². The molecule has 1 aliphatic rings. The lowest BCUT2D eigenvalue weighted by molar-refractivity contribution is 0.624. The number of hydrogen-bond donors (Lipinski definition) is 1. The summed E-state index contributed by atoms with van der Waals surface area (Å²) >= 11 is 5.89. The van der Waals surface area contributed by atoms with Gasteiger partial charge < -0.3 is 5.32 Å². The Labute approximate surface area is 76.2 Å². The van der Waals surface area contributed by atoms with Crippen molar-refractivity contribution in [3.63, 3.8) is 0 Å². The maximum Gasteiger partial charge on any atom is 0.152 e. The first-order valence-electron chi connectivity index (χ1n) is 4.08. The fourth-order valence-electron chi connectivity index (χ4n) is 1.48. The van der Waals surface area contributed by atoms with Gasteiger partial charge in [-0.2, -0.15) is 0 Å². The average Bonchev–Trinajstić information content (AvgIpc) is 2.57. The van der Waals surface area contributed by atoms with Crippen molar-refractivity contribution < 1.29 is 0 Å². The van der Waals surface area contributed by atoms with E-state index in [4.69, 9.17) is 11.6 Å². The lowest BCUT2D eigenvalue weighted by Crippen LogP contribution is -2.14. The van der Waals surface area contributed by atoms with E-state index < -0.39 is 0 Å². The van der Waals surface area contributed by atoms with Crippen molar-refractivity contribution >= 4 is 11.6 Å². The molecule has 4 heteroatoms. The summed E-state index contributed by atoms with van der Waals surface area (Å²) in [5, 5.41) is 3.85. The van der Waals surface area contributed by atoms with Crippen molar-refractivity contribution in [1.29, 1.82) is 0 Å². The molecule has 2 rings (SSSR count). The third-order valence-corrected chi connectivity index (χ3v) is 2.36. The number of nitrogens with zero attached hydrogens (tertiary/aromatic N) is 2. The summed E-state index contributed by atoms with van der Waals surface area (Å²) in [4.78, 5) is 8.19. The Morgan fingerprint density at radius 2 is 2.25 bits per heavy atom. The molecule has 1 fully saturated rings. The van der Waals surface area contributed by atoms with E-state index in [-0.39, 0.29) is 0 Å². The Hall–Kier alpha value is -0.670. The van der Waals surface area contributed by atoms with Crippen LogP contribution in [-0.2, 0) is 0 Å². The topological polar surface area (TPSA) is 37.8 Å². The molecule has 2 heterocycles. The first kappa shape index (κ1) is 7.95. The third kappa shape index (κ3) is 1.42. The summed E-state index contributed by atoms with van der Waals surface area (Å²) in [6.07, 6.45) is 5.60. The minimum atomic E-state index is 0.311. The van der Waals surface area contributed by atoms with E-state index in [1.807, 2.05) is 0 Å². The highest BCUT2D eigenvalue weighted by atomic mass is 35.5. The number of aromatic nitrogens is 2. The van der Waals surface area contributed by atoms with Gasteiger partial charge in [-0.1, -0.05) is 11.6 Å².